The normalized spacial score (nSPS) is 21.0. The molecule has 1 aliphatic carbocycles. The maximum absolute atomic E-state index is 13.1. The van der Waals surface area contributed by atoms with Gasteiger partial charge in [0.15, 0.2) is 0 Å². The van der Waals surface area contributed by atoms with E-state index in [4.69, 9.17) is 0 Å². The number of halogens is 6. The number of piperidine rings is 1. The molecule has 224 valence electrons. The van der Waals surface area contributed by atoms with Crippen LogP contribution in [-0.2, 0) is 11.3 Å². The van der Waals surface area contributed by atoms with Gasteiger partial charge < -0.3 is 19.7 Å². The fourth-order valence-electron chi connectivity index (χ4n) is 6.36. The molecular weight excluding hydrogens is 558 g/mol. The van der Waals surface area contributed by atoms with Crippen molar-refractivity contribution in [1.29, 1.82) is 0 Å². The Balaban J connectivity index is 1.64. The molecule has 1 saturated heterocycles. The summed E-state index contributed by atoms with van der Waals surface area (Å²) in [6.45, 7) is -0.930. The van der Waals surface area contributed by atoms with E-state index in [-0.39, 0.29) is 37.2 Å². The summed E-state index contributed by atoms with van der Waals surface area (Å²) >= 11 is 0. The number of aromatic carboxylic acids is 1. The summed E-state index contributed by atoms with van der Waals surface area (Å²) in [5.74, 6) is -4.92. The molecule has 2 aromatic rings. The number of carbonyl (C=O) groups excluding carboxylic acids is 1. The highest BCUT2D eigenvalue weighted by Gasteiger charge is 2.56. The van der Waals surface area contributed by atoms with Crippen LogP contribution in [-0.4, -0.2) is 62.6 Å². The first kappa shape index (κ1) is 30.6. The molecule has 1 aliphatic heterocycles. The number of aliphatic hydroxyl groups is 1. The molecule has 2 heterocycles. The van der Waals surface area contributed by atoms with Gasteiger partial charge in [0.2, 0.25) is 5.91 Å². The van der Waals surface area contributed by atoms with Crippen LogP contribution in [0.2, 0.25) is 0 Å². The van der Waals surface area contributed by atoms with E-state index in [0.717, 1.165) is 21.7 Å². The molecule has 0 bridgehead atoms. The quantitative estimate of drug-likeness (QED) is 0.430. The van der Waals surface area contributed by atoms with Gasteiger partial charge in [-0.25, -0.2) is 4.79 Å². The van der Waals surface area contributed by atoms with Crippen molar-refractivity contribution in [2.45, 2.75) is 69.4 Å². The Kier molecular flexibility index (Phi) is 8.32. The molecule has 2 fully saturated rings. The molecule has 0 unspecified atom stereocenters. The lowest BCUT2D eigenvalue weighted by Gasteiger charge is -2.53. The van der Waals surface area contributed by atoms with Gasteiger partial charge >= 0.3 is 18.3 Å². The number of pyridine rings is 1. The Morgan fingerprint density at radius 3 is 2.07 bits per heavy atom. The summed E-state index contributed by atoms with van der Waals surface area (Å²) in [5.41, 5.74) is -2.86. The third kappa shape index (κ3) is 6.77. The van der Waals surface area contributed by atoms with Gasteiger partial charge in [-0.2, -0.15) is 26.3 Å². The molecule has 4 rings (SSSR count). The molecule has 7 nitrogen and oxygen atoms in total. The lowest BCUT2D eigenvalue weighted by Crippen LogP contribution is -2.62. The van der Waals surface area contributed by atoms with E-state index in [1.807, 2.05) is 0 Å². The maximum atomic E-state index is 13.1. The predicted molar refractivity (Wildman–Crippen MR) is 135 cm³/mol. The fourth-order valence-corrected chi connectivity index (χ4v) is 6.36. The lowest BCUT2D eigenvalue weighted by molar-refractivity contribution is -0.190. The SMILES string of the molecule is O=C(O)c1cn(C[C@]2(O)CCN(C(=O)C(CC(F)(F)F)CC(F)(F)F)CC23CCCC3)c(=O)cc1-c1ccccc1. The van der Waals surface area contributed by atoms with E-state index in [9.17, 15) is 50.9 Å². The standard InChI is InChI=1S/C28H30F6N2O5/c29-27(30,31)13-19(14-28(32,33)34)23(38)35-11-10-26(41,25(16-35)8-4-5-9-25)17-36-15-21(24(39)40)20(12-22(36)37)18-6-2-1-3-7-18/h1-3,6-7,12,15,19,41H,4-5,8-11,13-14,16-17H2,(H,39,40)/t26-/m1/s1. The van der Waals surface area contributed by atoms with Crippen molar-refractivity contribution in [3.05, 3.63) is 58.5 Å². The number of carboxylic acids is 1. The molecular formula is C28H30F6N2O5. The van der Waals surface area contributed by atoms with Crippen LogP contribution in [0.4, 0.5) is 26.3 Å². The number of carboxylic acid groups (broad SMARTS) is 1. The average molecular weight is 589 g/mol. The van der Waals surface area contributed by atoms with E-state index in [1.165, 1.54) is 0 Å². The number of alkyl halides is 6. The van der Waals surface area contributed by atoms with E-state index in [1.54, 1.807) is 30.3 Å². The zero-order valence-electron chi connectivity index (χ0n) is 22.0. The van der Waals surface area contributed by atoms with Crippen molar-refractivity contribution < 1.29 is 46.1 Å². The van der Waals surface area contributed by atoms with E-state index in [2.05, 4.69) is 0 Å². The molecule has 13 heteroatoms. The minimum atomic E-state index is -4.98. The Bertz CT molecular complexity index is 1320. The number of hydrogen-bond donors (Lipinski definition) is 2. The number of likely N-dealkylation sites (tertiary alicyclic amines) is 1. The first-order chi connectivity index (χ1) is 19.0. The second-order valence-corrected chi connectivity index (χ2v) is 11.1. The third-order valence-corrected chi connectivity index (χ3v) is 8.33. The predicted octanol–water partition coefficient (Wildman–Crippen LogP) is 5.26. The van der Waals surface area contributed by atoms with Crippen molar-refractivity contribution in [2.75, 3.05) is 13.1 Å². The van der Waals surface area contributed by atoms with Crippen LogP contribution < -0.4 is 5.56 Å². The number of carbonyl (C=O) groups is 2. The van der Waals surface area contributed by atoms with Crippen molar-refractivity contribution in [2.24, 2.45) is 11.3 Å². The molecule has 0 radical (unpaired) electrons. The molecule has 1 aromatic carbocycles. The van der Waals surface area contributed by atoms with Crippen LogP contribution >= 0.6 is 0 Å². The highest BCUT2D eigenvalue weighted by molar-refractivity contribution is 5.95. The summed E-state index contributed by atoms with van der Waals surface area (Å²) in [4.78, 5) is 39.2. The van der Waals surface area contributed by atoms with Crippen LogP contribution in [0.15, 0.2) is 47.4 Å². The Morgan fingerprint density at radius 2 is 1.54 bits per heavy atom. The smallest absolute Gasteiger partial charge is 0.389 e. The number of rotatable bonds is 7. The summed E-state index contributed by atoms with van der Waals surface area (Å²) in [7, 11) is 0. The summed E-state index contributed by atoms with van der Waals surface area (Å²) in [5, 5.41) is 21.8. The van der Waals surface area contributed by atoms with Crippen LogP contribution in [0.25, 0.3) is 11.1 Å². The van der Waals surface area contributed by atoms with Crippen molar-refractivity contribution in [3.63, 3.8) is 0 Å². The molecule has 1 amide bonds. The summed E-state index contributed by atoms with van der Waals surface area (Å²) in [6.07, 6.45) is -11.0. The number of aromatic nitrogens is 1. The first-order valence-corrected chi connectivity index (χ1v) is 13.2. The highest BCUT2D eigenvalue weighted by atomic mass is 19.4. The average Bonchev–Trinajstić information content (AvgIpc) is 3.35. The van der Waals surface area contributed by atoms with Crippen molar-refractivity contribution in [3.8, 4) is 11.1 Å². The van der Waals surface area contributed by atoms with Gasteiger partial charge in [0.1, 0.15) is 0 Å². The Morgan fingerprint density at radius 1 is 0.951 bits per heavy atom. The molecule has 1 aromatic heterocycles. The third-order valence-electron chi connectivity index (χ3n) is 8.33. The lowest BCUT2D eigenvalue weighted by atomic mass is 9.65. The number of benzene rings is 1. The highest BCUT2D eigenvalue weighted by Crippen LogP contribution is 2.52. The molecule has 1 spiro atoms. The van der Waals surface area contributed by atoms with Gasteiger partial charge in [-0.05, 0) is 24.8 Å². The number of amides is 1. The van der Waals surface area contributed by atoms with Crippen LogP contribution in [0.5, 0.6) is 0 Å². The summed E-state index contributed by atoms with van der Waals surface area (Å²) in [6, 6.07) is 9.53. The Labute approximate surface area is 231 Å². The molecule has 41 heavy (non-hydrogen) atoms. The van der Waals surface area contributed by atoms with Crippen LogP contribution in [0.3, 0.4) is 0 Å². The molecule has 2 aliphatic rings. The van der Waals surface area contributed by atoms with Gasteiger partial charge in [0, 0.05) is 36.3 Å². The fraction of sp³-hybridized carbons (Fsp3) is 0.536. The number of nitrogens with zero attached hydrogens (tertiary/aromatic N) is 2. The van der Waals surface area contributed by atoms with Crippen molar-refractivity contribution >= 4 is 11.9 Å². The molecule has 1 atom stereocenters. The monoisotopic (exact) mass is 588 g/mol. The van der Waals surface area contributed by atoms with Gasteiger partial charge in [0.25, 0.3) is 5.56 Å². The number of hydrogen-bond acceptors (Lipinski definition) is 4. The van der Waals surface area contributed by atoms with Gasteiger partial charge in [-0.15, -0.1) is 0 Å². The van der Waals surface area contributed by atoms with Gasteiger partial charge in [-0.1, -0.05) is 43.2 Å². The zero-order chi connectivity index (χ0) is 30.2. The molecule has 1 saturated carbocycles. The second-order valence-electron chi connectivity index (χ2n) is 11.1. The van der Waals surface area contributed by atoms with Gasteiger partial charge in [0.05, 0.1) is 36.5 Å². The maximum Gasteiger partial charge on any atom is 0.389 e. The van der Waals surface area contributed by atoms with E-state index in [0.29, 0.717) is 31.2 Å². The van der Waals surface area contributed by atoms with E-state index >= 15 is 0 Å². The Hall–Kier alpha value is -3.35. The van der Waals surface area contributed by atoms with Gasteiger partial charge in [-0.3, -0.25) is 9.59 Å². The minimum Gasteiger partial charge on any atom is -0.478 e. The zero-order valence-corrected chi connectivity index (χ0v) is 22.0. The second kappa shape index (κ2) is 11.1. The largest absolute Gasteiger partial charge is 0.478 e. The van der Waals surface area contributed by atoms with Crippen molar-refractivity contribution in [1.82, 2.24) is 9.47 Å². The topological polar surface area (TPSA) is 99.8 Å². The summed E-state index contributed by atoms with van der Waals surface area (Å²) < 4.78 is 79.6. The minimum absolute atomic E-state index is 0.183. The van der Waals surface area contributed by atoms with E-state index < -0.39 is 59.6 Å². The first-order valence-electron chi connectivity index (χ1n) is 13.2. The molecule has 2 N–H and O–H groups in total. The van der Waals surface area contributed by atoms with Crippen LogP contribution in [0.1, 0.15) is 55.3 Å². The van der Waals surface area contributed by atoms with Crippen LogP contribution in [0, 0.1) is 11.3 Å².